The fourth-order valence-corrected chi connectivity index (χ4v) is 1.37. The molecule has 0 fully saturated rings. The van der Waals surface area contributed by atoms with E-state index in [4.69, 9.17) is 10.5 Å². The van der Waals surface area contributed by atoms with Gasteiger partial charge in [0.1, 0.15) is 5.60 Å². The topological polar surface area (TPSA) is 52.3 Å². The van der Waals surface area contributed by atoms with Gasteiger partial charge in [-0.05, 0) is 39.0 Å². The van der Waals surface area contributed by atoms with Crippen LogP contribution in [0.5, 0.6) is 0 Å². The molecule has 0 amide bonds. The molecule has 82 valence electrons. The standard InChI is InChI=1S/C11H15NO2S/c1-11(2,3)14-10(13)8-5-4-7(12)6-9(8)15/h4-6,15H,12H2,1-3H3. The number of nitrogen functional groups attached to an aromatic ring is 1. The highest BCUT2D eigenvalue weighted by Gasteiger charge is 2.19. The van der Waals surface area contributed by atoms with Crippen LogP contribution in [0.4, 0.5) is 5.69 Å². The van der Waals surface area contributed by atoms with E-state index in [9.17, 15) is 4.79 Å². The average molecular weight is 225 g/mol. The third-order valence-corrected chi connectivity index (χ3v) is 2.01. The maximum atomic E-state index is 11.7. The Balaban J connectivity index is 2.92. The van der Waals surface area contributed by atoms with Crippen LogP contribution in [0.2, 0.25) is 0 Å². The highest BCUT2D eigenvalue weighted by molar-refractivity contribution is 7.80. The molecule has 0 saturated carbocycles. The second-order valence-electron chi connectivity index (χ2n) is 4.28. The third kappa shape index (κ3) is 3.47. The van der Waals surface area contributed by atoms with Crippen LogP contribution in [0.3, 0.4) is 0 Å². The van der Waals surface area contributed by atoms with Gasteiger partial charge in [0, 0.05) is 10.6 Å². The van der Waals surface area contributed by atoms with E-state index in [1.54, 1.807) is 18.2 Å². The van der Waals surface area contributed by atoms with Gasteiger partial charge in [-0.3, -0.25) is 0 Å². The molecule has 0 heterocycles. The fraction of sp³-hybridized carbons (Fsp3) is 0.364. The lowest BCUT2D eigenvalue weighted by atomic mass is 10.1. The van der Waals surface area contributed by atoms with Crippen molar-refractivity contribution in [2.75, 3.05) is 5.73 Å². The summed E-state index contributed by atoms with van der Waals surface area (Å²) in [6.07, 6.45) is 0. The van der Waals surface area contributed by atoms with Crippen LogP contribution < -0.4 is 5.73 Å². The van der Waals surface area contributed by atoms with Gasteiger partial charge in [-0.1, -0.05) is 0 Å². The van der Waals surface area contributed by atoms with E-state index in [0.29, 0.717) is 16.1 Å². The molecule has 0 aliphatic rings. The SMILES string of the molecule is CC(C)(C)OC(=O)c1ccc(N)cc1S. The van der Waals surface area contributed by atoms with Crippen LogP contribution in [-0.4, -0.2) is 11.6 Å². The van der Waals surface area contributed by atoms with Crippen LogP contribution in [0.1, 0.15) is 31.1 Å². The van der Waals surface area contributed by atoms with Gasteiger partial charge in [0.05, 0.1) is 5.56 Å². The van der Waals surface area contributed by atoms with Crippen LogP contribution in [-0.2, 0) is 4.74 Å². The van der Waals surface area contributed by atoms with Crippen LogP contribution in [0, 0.1) is 0 Å². The second kappa shape index (κ2) is 4.14. The van der Waals surface area contributed by atoms with Crippen molar-refractivity contribution in [3.05, 3.63) is 23.8 Å². The van der Waals surface area contributed by atoms with Gasteiger partial charge in [-0.25, -0.2) is 4.79 Å². The van der Waals surface area contributed by atoms with Crippen LogP contribution >= 0.6 is 12.6 Å². The summed E-state index contributed by atoms with van der Waals surface area (Å²) >= 11 is 4.18. The Bertz CT molecular complexity index is 383. The summed E-state index contributed by atoms with van der Waals surface area (Å²) in [5.74, 6) is -0.382. The van der Waals surface area contributed by atoms with Crippen molar-refractivity contribution in [1.82, 2.24) is 0 Å². The van der Waals surface area contributed by atoms with Gasteiger partial charge >= 0.3 is 5.97 Å². The number of benzene rings is 1. The number of thiol groups is 1. The predicted molar refractivity (Wildman–Crippen MR) is 63.3 cm³/mol. The first kappa shape index (κ1) is 11.9. The molecule has 15 heavy (non-hydrogen) atoms. The predicted octanol–water partition coefficient (Wildman–Crippen LogP) is 2.51. The molecule has 2 N–H and O–H groups in total. The van der Waals surface area contributed by atoms with E-state index in [0.717, 1.165) is 0 Å². The van der Waals surface area contributed by atoms with Gasteiger partial charge in [0.15, 0.2) is 0 Å². The molecule has 1 rings (SSSR count). The first-order valence-electron chi connectivity index (χ1n) is 4.61. The van der Waals surface area contributed by atoms with E-state index in [1.807, 2.05) is 20.8 Å². The Labute approximate surface area is 95.0 Å². The quantitative estimate of drug-likeness (QED) is 0.438. The smallest absolute Gasteiger partial charge is 0.339 e. The lowest BCUT2D eigenvalue weighted by Crippen LogP contribution is -2.24. The summed E-state index contributed by atoms with van der Waals surface area (Å²) in [6.45, 7) is 5.46. The summed E-state index contributed by atoms with van der Waals surface area (Å²) in [7, 11) is 0. The number of carbonyl (C=O) groups excluding carboxylic acids is 1. The van der Waals surface area contributed by atoms with Crippen molar-refractivity contribution in [2.45, 2.75) is 31.3 Å². The lowest BCUT2D eigenvalue weighted by Gasteiger charge is -2.20. The fourth-order valence-electron chi connectivity index (χ4n) is 1.05. The molecular formula is C11H15NO2S. The van der Waals surface area contributed by atoms with Gasteiger partial charge < -0.3 is 10.5 Å². The van der Waals surface area contributed by atoms with Crippen molar-refractivity contribution in [3.8, 4) is 0 Å². The van der Waals surface area contributed by atoms with E-state index < -0.39 is 5.60 Å². The number of hydrogen-bond acceptors (Lipinski definition) is 4. The number of ether oxygens (including phenoxy) is 1. The molecule has 0 spiro atoms. The van der Waals surface area contributed by atoms with Crippen molar-refractivity contribution >= 4 is 24.3 Å². The van der Waals surface area contributed by atoms with E-state index in [-0.39, 0.29) is 5.97 Å². The zero-order valence-corrected chi connectivity index (χ0v) is 9.97. The molecule has 0 saturated heterocycles. The molecule has 0 radical (unpaired) electrons. The van der Waals surface area contributed by atoms with Gasteiger partial charge in [-0.15, -0.1) is 12.6 Å². The first-order valence-corrected chi connectivity index (χ1v) is 5.06. The molecule has 0 atom stereocenters. The first-order chi connectivity index (χ1) is 6.79. The molecule has 3 nitrogen and oxygen atoms in total. The summed E-state index contributed by atoms with van der Waals surface area (Å²) in [5, 5.41) is 0. The van der Waals surface area contributed by atoms with E-state index in [1.165, 1.54) is 0 Å². The van der Waals surface area contributed by atoms with E-state index >= 15 is 0 Å². The zero-order valence-electron chi connectivity index (χ0n) is 9.07. The summed E-state index contributed by atoms with van der Waals surface area (Å²) in [4.78, 5) is 12.2. The second-order valence-corrected chi connectivity index (χ2v) is 4.76. The lowest BCUT2D eigenvalue weighted by molar-refractivity contribution is 0.00657. The van der Waals surface area contributed by atoms with Crippen LogP contribution in [0.25, 0.3) is 0 Å². The number of anilines is 1. The van der Waals surface area contributed by atoms with Crippen molar-refractivity contribution in [2.24, 2.45) is 0 Å². The third-order valence-electron chi connectivity index (χ3n) is 1.64. The maximum absolute atomic E-state index is 11.7. The van der Waals surface area contributed by atoms with Crippen molar-refractivity contribution in [1.29, 1.82) is 0 Å². The Morgan fingerprint density at radius 3 is 2.47 bits per heavy atom. The summed E-state index contributed by atoms with van der Waals surface area (Å²) < 4.78 is 5.22. The molecule has 0 aromatic heterocycles. The monoisotopic (exact) mass is 225 g/mol. The number of esters is 1. The number of rotatable bonds is 1. The molecule has 0 aliphatic carbocycles. The number of carbonyl (C=O) groups is 1. The Kier molecular flexibility index (Phi) is 3.29. The average Bonchev–Trinajstić information content (AvgIpc) is 1.99. The molecule has 0 unspecified atom stereocenters. The van der Waals surface area contributed by atoms with E-state index in [2.05, 4.69) is 12.6 Å². The maximum Gasteiger partial charge on any atom is 0.339 e. The Morgan fingerprint density at radius 1 is 1.40 bits per heavy atom. The minimum absolute atomic E-state index is 0.382. The molecule has 1 aromatic carbocycles. The zero-order chi connectivity index (χ0) is 11.6. The molecule has 0 bridgehead atoms. The molecule has 0 aliphatic heterocycles. The minimum Gasteiger partial charge on any atom is -0.456 e. The highest BCUT2D eigenvalue weighted by atomic mass is 32.1. The van der Waals surface area contributed by atoms with Gasteiger partial charge in [-0.2, -0.15) is 0 Å². The normalized spacial score (nSPS) is 11.2. The van der Waals surface area contributed by atoms with Crippen molar-refractivity contribution < 1.29 is 9.53 Å². The highest BCUT2D eigenvalue weighted by Crippen LogP contribution is 2.20. The summed E-state index contributed by atoms with van der Waals surface area (Å²) in [6, 6.07) is 4.90. The number of hydrogen-bond donors (Lipinski definition) is 2. The Morgan fingerprint density at radius 2 is 2.00 bits per heavy atom. The largest absolute Gasteiger partial charge is 0.456 e. The molecule has 1 aromatic rings. The minimum atomic E-state index is -0.501. The Hall–Kier alpha value is -1.16. The number of nitrogens with two attached hydrogens (primary N) is 1. The van der Waals surface area contributed by atoms with Crippen LogP contribution in [0.15, 0.2) is 23.1 Å². The van der Waals surface area contributed by atoms with Gasteiger partial charge in [0.25, 0.3) is 0 Å². The summed E-state index contributed by atoms with van der Waals surface area (Å²) in [5.41, 5.74) is 6.06. The molecular weight excluding hydrogens is 210 g/mol. The van der Waals surface area contributed by atoms with Gasteiger partial charge in [0.2, 0.25) is 0 Å². The molecule has 4 heteroatoms. The van der Waals surface area contributed by atoms with Crippen molar-refractivity contribution in [3.63, 3.8) is 0 Å².